The maximum Gasteiger partial charge on any atom is 0.234 e. The van der Waals surface area contributed by atoms with Gasteiger partial charge in [-0.15, -0.1) is 10.2 Å². The number of nitrogens with one attached hydrogen (secondary N) is 1. The molecule has 1 aromatic carbocycles. The molecule has 1 heterocycles. The van der Waals surface area contributed by atoms with Crippen molar-refractivity contribution in [1.29, 1.82) is 5.26 Å². The Labute approximate surface area is 132 Å². The van der Waals surface area contributed by atoms with Gasteiger partial charge in [0.2, 0.25) is 5.91 Å². The number of rotatable bonds is 7. The second kappa shape index (κ2) is 8.17. The molecule has 22 heavy (non-hydrogen) atoms. The quantitative estimate of drug-likeness (QED) is 0.778. The van der Waals surface area contributed by atoms with Crippen LogP contribution in [0.4, 0.5) is 5.69 Å². The van der Waals surface area contributed by atoms with Gasteiger partial charge in [-0.3, -0.25) is 4.79 Å². The van der Waals surface area contributed by atoms with Crippen molar-refractivity contribution in [3.63, 3.8) is 0 Å². The van der Waals surface area contributed by atoms with Gasteiger partial charge >= 0.3 is 0 Å². The third-order valence-electron chi connectivity index (χ3n) is 2.72. The highest BCUT2D eigenvalue weighted by atomic mass is 32.2. The Bertz CT molecular complexity index is 680. The van der Waals surface area contributed by atoms with Crippen molar-refractivity contribution < 1.29 is 9.53 Å². The molecule has 8 heteroatoms. The molecule has 2 rings (SSSR count). The molecule has 0 bridgehead atoms. The van der Waals surface area contributed by atoms with E-state index in [0.29, 0.717) is 29.6 Å². The number of hydrogen-bond acceptors (Lipinski definition) is 6. The largest absolute Gasteiger partial charge is 0.383 e. The first-order chi connectivity index (χ1) is 10.7. The second-order valence-electron chi connectivity index (χ2n) is 4.33. The first-order valence-electron chi connectivity index (χ1n) is 6.52. The normalized spacial score (nSPS) is 10.2. The fraction of sp³-hybridized carbons (Fsp3) is 0.286. The number of carbonyl (C=O) groups is 1. The van der Waals surface area contributed by atoms with Crippen LogP contribution in [0.3, 0.4) is 0 Å². The van der Waals surface area contributed by atoms with Crippen molar-refractivity contribution in [3.8, 4) is 6.07 Å². The summed E-state index contributed by atoms with van der Waals surface area (Å²) in [5.41, 5.74) is 1.11. The standard InChI is InChI=1S/C14H15N5O2S/c1-21-6-5-19-10-16-18-14(19)22-9-13(20)17-12-4-2-3-11(7-12)8-15/h2-4,7,10H,5-6,9H2,1H3,(H,17,20). The topological polar surface area (TPSA) is 92.8 Å². The Morgan fingerprint density at radius 1 is 1.55 bits per heavy atom. The maximum absolute atomic E-state index is 11.9. The van der Waals surface area contributed by atoms with Crippen molar-refractivity contribution in [1.82, 2.24) is 14.8 Å². The first kappa shape index (κ1) is 16.0. The summed E-state index contributed by atoms with van der Waals surface area (Å²) in [6.07, 6.45) is 1.61. The maximum atomic E-state index is 11.9. The van der Waals surface area contributed by atoms with Crippen LogP contribution >= 0.6 is 11.8 Å². The molecule has 0 radical (unpaired) electrons. The number of ether oxygens (including phenoxy) is 1. The lowest BCUT2D eigenvalue weighted by molar-refractivity contribution is -0.113. The zero-order valence-electron chi connectivity index (χ0n) is 12.0. The molecule has 114 valence electrons. The predicted octanol–water partition coefficient (Wildman–Crippen LogP) is 1.53. The Hall–Kier alpha value is -2.37. The Morgan fingerprint density at radius 3 is 3.18 bits per heavy atom. The van der Waals surface area contributed by atoms with E-state index >= 15 is 0 Å². The van der Waals surface area contributed by atoms with Crippen LogP contribution in [0.2, 0.25) is 0 Å². The number of anilines is 1. The number of aromatic nitrogens is 3. The summed E-state index contributed by atoms with van der Waals surface area (Å²) in [5.74, 6) is 0.0454. The van der Waals surface area contributed by atoms with E-state index in [0.717, 1.165) is 0 Å². The zero-order valence-corrected chi connectivity index (χ0v) is 12.8. The molecule has 1 amide bonds. The van der Waals surface area contributed by atoms with Crippen molar-refractivity contribution in [3.05, 3.63) is 36.2 Å². The number of nitriles is 1. The first-order valence-corrected chi connectivity index (χ1v) is 7.51. The molecule has 1 aromatic heterocycles. The minimum Gasteiger partial charge on any atom is -0.383 e. The van der Waals surface area contributed by atoms with E-state index < -0.39 is 0 Å². The fourth-order valence-electron chi connectivity index (χ4n) is 1.69. The van der Waals surface area contributed by atoms with Crippen LogP contribution in [0, 0.1) is 11.3 Å². The van der Waals surface area contributed by atoms with Crippen LogP contribution in [0.15, 0.2) is 35.7 Å². The SMILES string of the molecule is COCCn1cnnc1SCC(=O)Nc1cccc(C#N)c1. The monoisotopic (exact) mass is 317 g/mol. The van der Waals surface area contributed by atoms with Gasteiger partial charge < -0.3 is 14.6 Å². The summed E-state index contributed by atoms with van der Waals surface area (Å²) in [7, 11) is 1.62. The minimum atomic E-state index is -0.165. The van der Waals surface area contributed by atoms with Crippen molar-refractivity contribution >= 4 is 23.4 Å². The molecule has 0 saturated heterocycles. The molecular formula is C14H15N5O2S. The molecule has 1 N–H and O–H groups in total. The highest BCUT2D eigenvalue weighted by Crippen LogP contribution is 2.16. The van der Waals surface area contributed by atoms with Gasteiger partial charge in [0.05, 0.1) is 24.0 Å². The van der Waals surface area contributed by atoms with Gasteiger partial charge in [0.1, 0.15) is 6.33 Å². The van der Waals surface area contributed by atoms with E-state index in [1.165, 1.54) is 11.8 Å². The number of thioether (sulfide) groups is 1. The van der Waals surface area contributed by atoms with Gasteiger partial charge in [0, 0.05) is 19.3 Å². The summed E-state index contributed by atoms with van der Waals surface area (Å²) in [6, 6.07) is 8.81. The average molecular weight is 317 g/mol. The molecule has 0 spiro atoms. The Kier molecular flexibility index (Phi) is 5.94. The molecule has 0 aliphatic heterocycles. The Balaban J connectivity index is 1.87. The van der Waals surface area contributed by atoms with Gasteiger partial charge in [-0.2, -0.15) is 5.26 Å². The number of nitrogens with zero attached hydrogens (tertiary/aromatic N) is 4. The van der Waals surface area contributed by atoms with Gasteiger partial charge in [0.15, 0.2) is 5.16 Å². The van der Waals surface area contributed by atoms with Crippen LogP contribution in [0.1, 0.15) is 5.56 Å². The average Bonchev–Trinajstić information content (AvgIpc) is 2.98. The molecule has 7 nitrogen and oxygen atoms in total. The van der Waals surface area contributed by atoms with E-state index in [4.69, 9.17) is 10.00 Å². The van der Waals surface area contributed by atoms with Gasteiger partial charge in [-0.05, 0) is 18.2 Å². The third kappa shape index (κ3) is 4.58. The summed E-state index contributed by atoms with van der Waals surface area (Å²) in [6.45, 7) is 1.19. The molecule has 0 fully saturated rings. The van der Waals surface area contributed by atoms with E-state index in [1.807, 2.05) is 10.6 Å². The highest BCUT2D eigenvalue weighted by Gasteiger charge is 2.09. The van der Waals surface area contributed by atoms with Crippen molar-refractivity contribution in [2.75, 3.05) is 24.8 Å². The highest BCUT2D eigenvalue weighted by molar-refractivity contribution is 7.99. The predicted molar refractivity (Wildman–Crippen MR) is 82.4 cm³/mol. The summed E-state index contributed by atoms with van der Waals surface area (Å²) < 4.78 is 6.84. The number of methoxy groups -OCH3 is 1. The van der Waals surface area contributed by atoms with E-state index in [1.54, 1.807) is 37.7 Å². The second-order valence-corrected chi connectivity index (χ2v) is 5.27. The number of hydrogen-bond donors (Lipinski definition) is 1. The van der Waals surface area contributed by atoms with Crippen LogP contribution in [0.25, 0.3) is 0 Å². The fourth-order valence-corrected chi connectivity index (χ4v) is 2.43. The van der Waals surface area contributed by atoms with Crippen molar-refractivity contribution in [2.45, 2.75) is 11.7 Å². The van der Waals surface area contributed by atoms with Crippen LogP contribution in [-0.2, 0) is 16.1 Å². The Morgan fingerprint density at radius 2 is 2.41 bits per heavy atom. The van der Waals surface area contributed by atoms with Gasteiger partial charge in [-0.1, -0.05) is 17.8 Å². The van der Waals surface area contributed by atoms with Gasteiger partial charge in [-0.25, -0.2) is 0 Å². The molecular weight excluding hydrogens is 302 g/mol. The van der Waals surface area contributed by atoms with E-state index in [2.05, 4.69) is 15.5 Å². The smallest absolute Gasteiger partial charge is 0.234 e. The minimum absolute atomic E-state index is 0.165. The number of carbonyl (C=O) groups excluding carboxylic acids is 1. The number of benzene rings is 1. The molecule has 0 atom stereocenters. The summed E-state index contributed by atoms with van der Waals surface area (Å²) >= 11 is 1.30. The number of amides is 1. The molecule has 0 saturated carbocycles. The lowest BCUT2D eigenvalue weighted by atomic mass is 10.2. The molecule has 0 aliphatic rings. The molecule has 2 aromatic rings. The molecule has 0 aliphatic carbocycles. The van der Waals surface area contributed by atoms with Crippen LogP contribution < -0.4 is 5.32 Å². The third-order valence-corrected chi connectivity index (χ3v) is 3.70. The van der Waals surface area contributed by atoms with Crippen LogP contribution in [-0.4, -0.2) is 40.1 Å². The zero-order chi connectivity index (χ0) is 15.8. The van der Waals surface area contributed by atoms with Crippen LogP contribution in [0.5, 0.6) is 0 Å². The van der Waals surface area contributed by atoms with E-state index in [9.17, 15) is 4.79 Å². The van der Waals surface area contributed by atoms with E-state index in [-0.39, 0.29) is 11.7 Å². The summed E-state index contributed by atoms with van der Waals surface area (Å²) in [5, 5.41) is 20.0. The molecule has 0 unspecified atom stereocenters. The summed E-state index contributed by atoms with van der Waals surface area (Å²) in [4.78, 5) is 11.9. The van der Waals surface area contributed by atoms with Gasteiger partial charge in [0.25, 0.3) is 0 Å². The lowest BCUT2D eigenvalue weighted by Crippen LogP contribution is -2.15. The van der Waals surface area contributed by atoms with Crippen molar-refractivity contribution in [2.24, 2.45) is 0 Å². The lowest BCUT2D eigenvalue weighted by Gasteiger charge is -2.06.